The van der Waals surface area contributed by atoms with E-state index in [1.165, 1.54) is 0 Å². The van der Waals surface area contributed by atoms with Gasteiger partial charge in [-0.2, -0.15) is 0 Å². The molecule has 0 amide bonds. The number of fused-ring (bicyclic) bond motifs is 1. The zero-order chi connectivity index (χ0) is 9.64. The summed E-state index contributed by atoms with van der Waals surface area (Å²) in [5.41, 5.74) is 0. The summed E-state index contributed by atoms with van der Waals surface area (Å²) in [6, 6.07) is -0.577. The van der Waals surface area contributed by atoms with Gasteiger partial charge in [-0.1, -0.05) is 0 Å². The van der Waals surface area contributed by atoms with Gasteiger partial charge in [-0.05, 0) is 13.8 Å². The topological polar surface area (TPSA) is 52.9 Å². The molecule has 2 atom stereocenters. The molecule has 0 saturated carbocycles. The van der Waals surface area contributed by atoms with Crippen LogP contribution in [0.1, 0.15) is 13.8 Å². The molecule has 0 spiro atoms. The highest BCUT2D eigenvalue weighted by molar-refractivity contribution is 8.01. The lowest BCUT2D eigenvalue weighted by molar-refractivity contribution is -0.138. The highest BCUT2D eigenvalue weighted by atomic mass is 32.2. The molecule has 2 aliphatic rings. The van der Waals surface area contributed by atoms with Gasteiger partial charge in [0.25, 0.3) is 0 Å². The van der Waals surface area contributed by atoms with Crippen LogP contribution in [0.15, 0.2) is 4.99 Å². The number of hydrogen-bond acceptors (Lipinski definition) is 4. The normalized spacial score (nSPS) is 35.1. The number of carbonyl (C=O) groups is 1. The van der Waals surface area contributed by atoms with Crippen molar-refractivity contribution in [3.63, 3.8) is 0 Å². The molecule has 13 heavy (non-hydrogen) atoms. The molecule has 1 N–H and O–H groups in total. The van der Waals surface area contributed by atoms with Crippen LogP contribution >= 0.6 is 11.8 Å². The van der Waals surface area contributed by atoms with E-state index in [0.717, 1.165) is 6.54 Å². The molecule has 2 aliphatic heterocycles. The highest BCUT2D eigenvalue weighted by Crippen LogP contribution is 2.42. The molecule has 2 rings (SSSR count). The molecule has 0 aromatic carbocycles. The average molecular weight is 200 g/mol. The van der Waals surface area contributed by atoms with Gasteiger partial charge in [0, 0.05) is 11.3 Å². The zero-order valence-corrected chi connectivity index (χ0v) is 8.41. The molecule has 1 saturated heterocycles. The second kappa shape index (κ2) is 2.64. The Kier molecular flexibility index (Phi) is 1.80. The zero-order valence-electron chi connectivity index (χ0n) is 7.60. The first kappa shape index (κ1) is 8.87. The second-order valence-corrected chi connectivity index (χ2v) is 5.81. The van der Waals surface area contributed by atoms with Gasteiger partial charge in [-0.25, -0.2) is 4.79 Å². The smallest absolute Gasteiger partial charge is 0.331 e. The molecule has 0 aliphatic carbocycles. The number of carboxylic acids is 1. The molecule has 0 aromatic heterocycles. The minimum atomic E-state index is -0.825. The van der Waals surface area contributed by atoms with Crippen molar-refractivity contribution in [3.05, 3.63) is 0 Å². The van der Waals surface area contributed by atoms with E-state index in [-0.39, 0.29) is 10.1 Å². The van der Waals surface area contributed by atoms with E-state index in [9.17, 15) is 4.79 Å². The van der Waals surface area contributed by atoms with Gasteiger partial charge in [0.2, 0.25) is 0 Å². The summed E-state index contributed by atoms with van der Waals surface area (Å²) in [4.78, 5) is 16.8. The molecule has 72 valence electrons. The molecule has 1 fully saturated rings. The van der Waals surface area contributed by atoms with Crippen LogP contribution in [0.4, 0.5) is 0 Å². The van der Waals surface area contributed by atoms with E-state index in [2.05, 4.69) is 18.8 Å². The molecule has 2 unspecified atom stereocenters. The third kappa shape index (κ3) is 1.41. The molecule has 2 heterocycles. The lowest BCUT2D eigenvalue weighted by Gasteiger charge is -2.15. The lowest BCUT2D eigenvalue weighted by Crippen LogP contribution is -2.33. The maximum Gasteiger partial charge on any atom is 0.331 e. The lowest BCUT2D eigenvalue weighted by atomic mass is 10.2. The molecule has 0 bridgehead atoms. The van der Waals surface area contributed by atoms with Gasteiger partial charge in [-0.15, -0.1) is 11.8 Å². The van der Waals surface area contributed by atoms with Crippen LogP contribution < -0.4 is 0 Å². The minimum absolute atomic E-state index is 0.00694. The predicted octanol–water partition coefficient (Wildman–Crippen LogP) is 0.635. The fraction of sp³-hybridized carbons (Fsp3) is 0.750. The molecular weight excluding hydrogens is 188 g/mol. The van der Waals surface area contributed by atoms with E-state index in [4.69, 9.17) is 5.11 Å². The van der Waals surface area contributed by atoms with Gasteiger partial charge >= 0.3 is 5.97 Å². The Hall–Kier alpha value is -0.710. The average Bonchev–Trinajstić information content (AvgIpc) is 2.41. The number of aliphatic carboxylic acids is 1. The van der Waals surface area contributed by atoms with Crippen molar-refractivity contribution in [2.75, 3.05) is 6.54 Å². The number of nitrogens with zero attached hydrogens (tertiary/aromatic N) is 2. The second-order valence-electron chi connectivity index (χ2n) is 3.99. The molecule has 0 radical (unpaired) electrons. The van der Waals surface area contributed by atoms with Gasteiger partial charge in [0.1, 0.15) is 5.37 Å². The quantitative estimate of drug-likeness (QED) is 0.674. The van der Waals surface area contributed by atoms with E-state index in [1.54, 1.807) is 18.1 Å². The van der Waals surface area contributed by atoms with Crippen molar-refractivity contribution >= 4 is 24.1 Å². The van der Waals surface area contributed by atoms with Gasteiger partial charge in [0.15, 0.2) is 6.04 Å². The first-order valence-corrected chi connectivity index (χ1v) is 5.07. The Bertz CT molecular complexity index is 277. The van der Waals surface area contributed by atoms with E-state index >= 15 is 0 Å². The molecule has 4 nitrogen and oxygen atoms in total. The van der Waals surface area contributed by atoms with E-state index in [1.807, 2.05) is 4.90 Å². The van der Waals surface area contributed by atoms with Crippen molar-refractivity contribution in [1.29, 1.82) is 0 Å². The van der Waals surface area contributed by atoms with Crippen LogP contribution in [0.25, 0.3) is 0 Å². The number of hydrogen-bond donors (Lipinski definition) is 1. The Labute approximate surface area is 81.0 Å². The van der Waals surface area contributed by atoms with E-state index in [0.29, 0.717) is 0 Å². The predicted molar refractivity (Wildman–Crippen MR) is 52.1 cm³/mol. The van der Waals surface area contributed by atoms with Crippen molar-refractivity contribution < 1.29 is 9.90 Å². The summed E-state index contributed by atoms with van der Waals surface area (Å²) in [6.45, 7) is 5.14. The fourth-order valence-corrected chi connectivity index (χ4v) is 3.19. The largest absolute Gasteiger partial charge is 0.480 e. The Morgan fingerprint density at radius 2 is 2.46 bits per heavy atom. The van der Waals surface area contributed by atoms with Crippen molar-refractivity contribution in [2.45, 2.75) is 30.0 Å². The van der Waals surface area contributed by atoms with Crippen molar-refractivity contribution in [2.24, 2.45) is 4.99 Å². The number of carboxylic acid groups (broad SMARTS) is 1. The summed E-state index contributed by atoms with van der Waals surface area (Å²) in [5.74, 6) is -0.825. The number of thioether (sulfide) groups is 1. The monoisotopic (exact) mass is 200 g/mol. The van der Waals surface area contributed by atoms with Gasteiger partial charge < -0.3 is 10.0 Å². The number of rotatable bonds is 1. The number of aliphatic imine (C=N–C) groups is 1. The standard InChI is InChI=1S/C8H12N2O2S/c1-8(2)3-10-4-9-5(7(11)12)6(10)13-8/h4-6H,3H2,1-2H3,(H,11,12). The third-order valence-corrected chi connectivity index (χ3v) is 3.77. The van der Waals surface area contributed by atoms with Gasteiger partial charge in [-0.3, -0.25) is 4.99 Å². The Balaban J connectivity index is 2.17. The molecular formula is C8H12N2O2S. The van der Waals surface area contributed by atoms with Crippen LogP contribution in [0.5, 0.6) is 0 Å². The summed E-state index contributed by atoms with van der Waals surface area (Å²) < 4.78 is 0.144. The first-order chi connectivity index (χ1) is 5.99. The van der Waals surface area contributed by atoms with Crippen molar-refractivity contribution in [3.8, 4) is 0 Å². The summed E-state index contributed by atoms with van der Waals surface area (Å²) in [7, 11) is 0. The summed E-state index contributed by atoms with van der Waals surface area (Å²) in [5, 5.41) is 8.88. The Morgan fingerprint density at radius 1 is 1.77 bits per heavy atom. The molecule has 5 heteroatoms. The van der Waals surface area contributed by atoms with Gasteiger partial charge in [0.05, 0.1) is 6.34 Å². The third-order valence-electron chi connectivity index (χ3n) is 2.23. The van der Waals surface area contributed by atoms with E-state index < -0.39 is 12.0 Å². The first-order valence-electron chi connectivity index (χ1n) is 4.19. The maximum absolute atomic E-state index is 10.8. The SMILES string of the molecule is CC1(C)CN2C=NC(C(=O)O)C2S1. The van der Waals surface area contributed by atoms with Crippen molar-refractivity contribution in [1.82, 2.24) is 4.90 Å². The van der Waals surface area contributed by atoms with Crippen LogP contribution in [-0.4, -0.2) is 45.0 Å². The fourth-order valence-electron chi connectivity index (χ4n) is 1.73. The summed E-state index contributed by atoms with van der Waals surface area (Å²) >= 11 is 1.69. The highest BCUT2D eigenvalue weighted by Gasteiger charge is 2.46. The summed E-state index contributed by atoms with van der Waals surface area (Å²) in [6.07, 6.45) is 1.67. The van der Waals surface area contributed by atoms with Crippen LogP contribution in [0, 0.1) is 0 Å². The van der Waals surface area contributed by atoms with Crippen LogP contribution in [0.2, 0.25) is 0 Å². The van der Waals surface area contributed by atoms with Crippen LogP contribution in [-0.2, 0) is 4.79 Å². The minimum Gasteiger partial charge on any atom is -0.480 e. The Morgan fingerprint density at radius 3 is 3.08 bits per heavy atom. The molecule has 0 aromatic rings. The van der Waals surface area contributed by atoms with Crippen LogP contribution in [0.3, 0.4) is 0 Å². The maximum atomic E-state index is 10.8.